The lowest BCUT2D eigenvalue weighted by atomic mass is 10.1. The first-order valence-corrected chi connectivity index (χ1v) is 7.29. The second kappa shape index (κ2) is 6.70. The van der Waals surface area contributed by atoms with Crippen molar-refractivity contribution in [1.29, 1.82) is 0 Å². The van der Waals surface area contributed by atoms with Crippen LogP contribution in [0.25, 0.3) is 11.3 Å². The number of benzene rings is 1. The summed E-state index contributed by atoms with van der Waals surface area (Å²) in [4.78, 5) is 13.6. The molecule has 1 aromatic heterocycles. The van der Waals surface area contributed by atoms with Gasteiger partial charge >= 0.3 is 0 Å². The van der Waals surface area contributed by atoms with Crippen LogP contribution in [0, 0.1) is 5.82 Å². The van der Waals surface area contributed by atoms with Crippen LogP contribution in [0.15, 0.2) is 34.9 Å². The van der Waals surface area contributed by atoms with E-state index in [4.69, 9.17) is 9.26 Å². The number of ether oxygens (including phenoxy) is 1. The normalized spacial score (nSPS) is 14.5. The largest absolute Gasteiger partial charge is 0.365 e. The van der Waals surface area contributed by atoms with Gasteiger partial charge < -0.3 is 14.2 Å². The number of amides is 1. The van der Waals surface area contributed by atoms with E-state index in [0.717, 1.165) is 31.5 Å². The molecule has 1 amide bonds. The second-order valence-electron chi connectivity index (χ2n) is 5.27. The molecule has 3 rings (SSSR count). The van der Waals surface area contributed by atoms with Crippen molar-refractivity contribution in [1.82, 2.24) is 10.1 Å². The molecule has 116 valence electrons. The summed E-state index contributed by atoms with van der Waals surface area (Å²) < 4.78 is 23.5. The molecular weight excluding hydrogens is 287 g/mol. The Balaban J connectivity index is 1.51. The summed E-state index contributed by atoms with van der Waals surface area (Å²) >= 11 is 0. The maximum absolute atomic E-state index is 12.9. The molecule has 0 bridgehead atoms. The Morgan fingerprint density at radius 1 is 1.27 bits per heavy atom. The lowest BCUT2D eigenvalue weighted by Crippen LogP contribution is -2.31. The van der Waals surface area contributed by atoms with Gasteiger partial charge in [0.1, 0.15) is 18.1 Å². The lowest BCUT2D eigenvalue weighted by molar-refractivity contribution is -0.135. The minimum Gasteiger partial charge on any atom is -0.365 e. The number of hydrogen-bond acceptors (Lipinski definition) is 4. The molecule has 22 heavy (non-hydrogen) atoms. The van der Waals surface area contributed by atoms with Crippen LogP contribution < -0.4 is 0 Å². The van der Waals surface area contributed by atoms with Crippen molar-refractivity contribution in [3.05, 3.63) is 41.8 Å². The van der Waals surface area contributed by atoms with Gasteiger partial charge in [0.2, 0.25) is 5.91 Å². The summed E-state index contributed by atoms with van der Waals surface area (Å²) in [6, 6.07) is 7.70. The zero-order chi connectivity index (χ0) is 15.4. The van der Waals surface area contributed by atoms with Gasteiger partial charge in [0.05, 0.1) is 6.61 Å². The first kappa shape index (κ1) is 14.7. The standard InChI is InChI=1S/C16H17FN2O3/c17-13-5-3-12(4-6-13)15-9-14(18-22-15)10-21-11-16(20)19-7-1-2-8-19/h3-6,9H,1-2,7-8,10-11H2. The highest BCUT2D eigenvalue weighted by molar-refractivity contribution is 5.77. The van der Waals surface area contributed by atoms with E-state index in [9.17, 15) is 9.18 Å². The third kappa shape index (κ3) is 3.51. The van der Waals surface area contributed by atoms with Gasteiger partial charge in [0.25, 0.3) is 0 Å². The number of carbonyl (C=O) groups is 1. The van der Waals surface area contributed by atoms with Crippen molar-refractivity contribution in [3.8, 4) is 11.3 Å². The van der Waals surface area contributed by atoms with Gasteiger partial charge in [-0.2, -0.15) is 0 Å². The van der Waals surface area contributed by atoms with E-state index in [1.807, 2.05) is 4.90 Å². The Bertz CT molecular complexity index is 633. The number of likely N-dealkylation sites (tertiary alicyclic amines) is 1. The molecule has 1 aliphatic rings. The average Bonchev–Trinajstić information content (AvgIpc) is 3.19. The summed E-state index contributed by atoms with van der Waals surface area (Å²) in [5.74, 6) is 0.261. The van der Waals surface area contributed by atoms with Crippen molar-refractivity contribution in [2.75, 3.05) is 19.7 Å². The van der Waals surface area contributed by atoms with Gasteiger partial charge in [-0.25, -0.2) is 4.39 Å². The molecular formula is C16H17FN2O3. The topological polar surface area (TPSA) is 55.6 Å². The fourth-order valence-electron chi connectivity index (χ4n) is 2.43. The predicted octanol–water partition coefficient (Wildman–Crippen LogP) is 2.62. The van der Waals surface area contributed by atoms with Gasteiger partial charge in [-0.3, -0.25) is 4.79 Å². The van der Waals surface area contributed by atoms with Crippen molar-refractivity contribution in [2.45, 2.75) is 19.4 Å². The van der Waals surface area contributed by atoms with E-state index >= 15 is 0 Å². The molecule has 0 N–H and O–H groups in total. The van der Waals surface area contributed by atoms with Gasteiger partial charge in [-0.15, -0.1) is 0 Å². The zero-order valence-corrected chi connectivity index (χ0v) is 12.1. The van der Waals surface area contributed by atoms with Crippen LogP contribution in [-0.2, 0) is 16.1 Å². The maximum Gasteiger partial charge on any atom is 0.248 e. The highest BCUT2D eigenvalue weighted by Crippen LogP contribution is 2.20. The quantitative estimate of drug-likeness (QED) is 0.852. The SMILES string of the molecule is O=C(COCc1cc(-c2ccc(F)cc2)on1)N1CCCC1. The zero-order valence-electron chi connectivity index (χ0n) is 12.1. The molecule has 0 aliphatic carbocycles. The second-order valence-corrected chi connectivity index (χ2v) is 5.27. The molecule has 1 aliphatic heterocycles. The van der Waals surface area contributed by atoms with Gasteiger partial charge in [-0.1, -0.05) is 5.16 Å². The van der Waals surface area contributed by atoms with Crippen LogP contribution in [-0.4, -0.2) is 35.7 Å². The van der Waals surface area contributed by atoms with E-state index in [1.165, 1.54) is 12.1 Å². The summed E-state index contributed by atoms with van der Waals surface area (Å²) in [5.41, 5.74) is 1.35. The van der Waals surface area contributed by atoms with Crippen LogP contribution in [0.4, 0.5) is 4.39 Å². The molecule has 1 fully saturated rings. The van der Waals surface area contributed by atoms with Crippen molar-refractivity contribution in [3.63, 3.8) is 0 Å². The molecule has 2 heterocycles. The fraction of sp³-hybridized carbons (Fsp3) is 0.375. The van der Waals surface area contributed by atoms with Crippen molar-refractivity contribution in [2.24, 2.45) is 0 Å². The molecule has 0 spiro atoms. The number of halogens is 1. The Morgan fingerprint density at radius 2 is 2.00 bits per heavy atom. The molecule has 1 saturated heterocycles. The average molecular weight is 304 g/mol. The van der Waals surface area contributed by atoms with Crippen LogP contribution in [0.1, 0.15) is 18.5 Å². The van der Waals surface area contributed by atoms with Gasteiger partial charge in [0.15, 0.2) is 5.76 Å². The molecule has 0 saturated carbocycles. The molecule has 0 unspecified atom stereocenters. The fourth-order valence-corrected chi connectivity index (χ4v) is 2.43. The smallest absolute Gasteiger partial charge is 0.248 e. The summed E-state index contributed by atoms with van der Waals surface area (Å²) in [6.45, 7) is 1.91. The summed E-state index contributed by atoms with van der Waals surface area (Å²) in [7, 11) is 0. The molecule has 0 atom stereocenters. The van der Waals surface area contributed by atoms with Crippen LogP contribution in [0.2, 0.25) is 0 Å². The van der Waals surface area contributed by atoms with E-state index < -0.39 is 0 Å². The Hall–Kier alpha value is -2.21. The molecule has 2 aromatic rings. The number of hydrogen-bond donors (Lipinski definition) is 0. The maximum atomic E-state index is 12.9. The van der Waals surface area contributed by atoms with E-state index in [-0.39, 0.29) is 24.9 Å². The number of aromatic nitrogens is 1. The predicted molar refractivity (Wildman–Crippen MR) is 77.4 cm³/mol. The van der Waals surface area contributed by atoms with Crippen LogP contribution in [0.5, 0.6) is 0 Å². The Kier molecular flexibility index (Phi) is 4.48. The molecule has 0 radical (unpaired) electrons. The first-order valence-electron chi connectivity index (χ1n) is 7.29. The molecule has 1 aromatic carbocycles. The third-order valence-corrected chi connectivity index (χ3v) is 3.62. The number of carbonyl (C=O) groups excluding carboxylic acids is 1. The van der Waals surface area contributed by atoms with Crippen molar-refractivity contribution >= 4 is 5.91 Å². The van der Waals surface area contributed by atoms with E-state index in [0.29, 0.717) is 11.5 Å². The Morgan fingerprint density at radius 3 is 2.73 bits per heavy atom. The van der Waals surface area contributed by atoms with E-state index in [2.05, 4.69) is 5.16 Å². The third-order valence-electron chi connectivity index (χ3n) is 3.62. The highest BCUT2D eigenvalue weighted by atomic mass is 19.1. The van der Waals surface area contributed by atoms with Crippen molar-refractivity contribution < 1.29 is 18.4 Å². The van der Waals surface area contributed by atoms with E-state index in [1.54, 1.807) is 18.2 Å². The first-order chi connectivity index (χ1) is 10.7. The van der Waals surface area contributed by atoms with Gasteiger partial charge in [-0.05, 0) is 37.1 Å². The minimum atomic E-state index is -0.299. The van der Waals surface area contributed by atoms with Gasteiger partial charge in [0, 0.05) is 24.7 Å². The monoisotopic (exact) mass is 304 g/mol. The minimum absolute atomic E-state index is 0.0137. The van der Waals surface area contributed by atoms with Crippen LogP contribution >= 0.6 is 0 Å². The molecule has 5 nitrogen and oxygen atoms in total. The highest BCUT2D eigenvalue weighted by Gasteiger charge is 2.17. The lowest BCUT2D eigenvalue weighted by Gasteiger charge is -2.14. The summed E-state index contributed by atoms with van der Waals surface area (Å²) in [5, 5.41) is 3.89. The summed E-state index contributed by atoms with van der Waals surface area (Å²) in [6.07, 6.45) is 2.13. The Labute approximate surface area is 127 Å². The van der Waals surface area contributed by atoms with Crippen LogP contribution in [0.3, 0.4) is 0 Å². The molecule has 6 heteroatoms. The number of nitrogens with zero attached hydrogens (tertiary/aromatic N) is 2. The number of rotatable bonds is 5.